The molecule has 2 aromatic heterocycles. The first-order chi connectivity index (χ1) is 8.91. The molecule has 0 aromatic carbocycles. The zero-order valence-corrected chi connectivity index (χ0v) is 12.6. The number of carboxylic acid groups (broad SMARTS) is 1. The molecule has 5 nitrogen and oxygen atoms in total. The molecule has 0 radical (unpaired) electrons. The van der Waals surface area contributed by atoms with E-state index in [9.17, 15) is 9.90 Å². The van der Waals surface area contributed by atoms with Crippen LogP contribution >= 0.6 is 27.5 Å². The Kier molecular flexibility index (Phi) is 3.91. The highest BCUT2D eigenvalue weighted by atomic mass is 79.9. The van der Waals surface area contributed by atoms with E-state index in [1.165, 1.54) is 4.68 Å². The number of aromatic nitrogens is 3. The van der Waals surface area contributed by atoms with Crippen molar-refractivity contribution in [2.45, 2.75) is 19.8 Å². The third-order valence-electron chi connectivity index (χ3n) is 2.55. The van der Waals surface area contributed by atoms with Crippen LogP contribution in [-0.2, 0) is 0 Å². The van der Waals surface area contributed by atoms with Crippen molar-refractivity contribution in [3.63, 3.8) is 0 Å². The Labute approximate surface area is 123 Å². The summed E-state index contributed by atoms with van der Waals surface area (Å²) in [6.45, 7) is 3.74. The number of rotatable bonds is 3. The fourth-order valence-electron chi connectivity index (χ4n) is 1.70. The van der Waals surface area contributed by atoms with E-state index in [1.54, 1.807) is 18.5 Å². The van der Waals surface area contributed by atoms with Crippen LogP contribution < -0.4 is 0 Å². The van der Waals surface area contributed by atoms with Crippen LogP contribution in [0.3, 0.4) is 0 Å². The first-order valence-electron chi connectivity index (χ1n) is 5.54. The molecule has 0 aliphatic heterocycles. The van der Waals surface area contributed by atoms with Crippen molar-refractivity contribution >= 4 is 33.5 Å². The van der Waals surface area contributed by atoms with Crippen LogP contribution in [0.25, 0.3) is 5.69 Å². The van der Waals surface area contributed by atoms with Gasteiger partial charge in [-0.05, 0) is 27.9 Å². The maximum absolute atomic E-state index is 11.3. The average molecular weight is 345 g/mol. The molecular formula is C12H11BrClN3O2. The van der Waals surface area contributed by atoms with Gasteiger partial charge in [-0.15, -0.1) is 0 Å². The molecule has 0 unspecified atom stereocenters. The van der Waals surface area contributed by atoms with Crippen LogP contribution in [0.5, 0.6) is 0 Å². The molecule has 0 atom stereocenters. The van der Waals surface area contributed by atoms with E-state index in [2.05, 4.69) is 26.0 Å². The highest BCUT2D eigenvalue weighted by Gasteiger charge is 2.24. The van der Waals surface area contributed by atoms with Gasteiger partial charge in [-0.25, -0.2) is 9.48 Å². The highest BCUT2D eigenvalue weighted by Crippen LogP contribution is 2.28. The molecule has 0 aliphatic carbocycles. The summed E-state index contributed by atoms with van der Waals surface area (Å²) >= 11 is 9.44. The van der Waals surface area contributed by atoms with Crippen molar-refractivity contribution in [2.24, 2.45) is 0 Å². The largest absolute Gasteiger partial charge is 0.478 e. The Hall–Kier alpha value is -1.40. The predicted octanol–water partition coefficient (Wildman–Crippen LogP) is 3.50. The minimum Gasteiger partial charge on any atom is -0.478 e. The number of carbonyl (C=O) groups is 1. The molecule has 19 heavy (non-hydrogen) atoms. The van der Waals surface area contributed by atoms with Crippen molar-refractivity contribution < 1.29 is 9.90 Å². The second-order valence-electron chi connectivity index (χ2n) is 4.28. The minimum absolute atomic E-state index is 0.0371. The van der Waals surface area contributed by atoms with Crippen LogP contribution in [0.2, 0.25) is 5.15 Å². The van der Waals surface area contributed by atoms with Crippen molar-refractivity contribution in [1.82, 2.24) is 14.8 Å². The van der Waals surface area contributed by atoms with Gasteiger partial charge >= 0.3 is 5.97 Å². The zero-order chi connectivity index (χ0) is 14.2. The van der Waals surface area contributed by atoms with Crippen molar-refractivity contribution in [2.75, 3.05) is 0 Å². The number of hydrogen-bond acceptors (Lipinski definition) is 3. The SMILES string of the molecule is CC(C)c1nn(-c2cncc(Br)c2)c(Cl)c1C(=O)O. The summed E-state index contributed by atoms with van der Waals surface area (Å²) in [5.41, 5.74) is 1.10. The Morgan fingerprint density at radius 2 is 2.16 bits per heavy atom. The van der Waals surface area contributed by atoms with E-state index in [1.807, 2.05) is 13.8 Å². The van der Waals surface area contributed by atoms with Gasteiger partial charge in [0.25, 0.3) is 0 Å². The second kappa shape index (κ2) is 5.30. The van der Waals surface area contributed by atoms with Crippen molar-refractivity contribution in [1.29, 1.82) is 0 Å². The molecule has 7 heteroatoms. The van der Waals surface area contributed by atoms with Crippen LogP contribution in [0.15, 0.2) is 22.9 Å². The number of hydrogen-bond donors (Lipinski definition) is 1. The summed E-state index contributed by atoms with van der Waals surface area (Å²) < 4.78 is 2.15. The monoisotopic (exact) mass is 343 g/mol. The smallest absolute Gasteiger partial charge is 0.340 e. The molecule has 2 heterocycles. The Bertz CT molecular complexity index is 640. The summed E-state index contributed by atoms with van der Waals surface area (Å²) in [4.78, 5) is 15.3. The molecule has 2 rings (SSSR count). The van der Waals surface area contributed by atoms with Gasteiger partial charge in [0.05, 0.1) is 17.6 Å². The molecule has 0 aliphatic rings. The van der Waals surface area contributed by atoms with E-state index in [0.717, 1.165) is 4.47 Å². The van der Waals surface area contributed by atoms with E-state index in [0.29, 0.717) is 11.4 Å². The lowest BCUT2D eigenvalue weighted by atomic mass is 10.1. The average Bonchev–Trinajstić information content (AvgIpc) is 2.67. The molecule has 0 spiro atoms. The molecule has 0 amide bonds. The molecule has 0 bridgehead atoms. The number of nitrogens with zero attached hydrogens (tertiary/aromatic N) is 3. The first-order valence-corrected chi connectivity index (χ1v) is 6.71. The van der Waals surface area contributed by atoms with Gasteiger partial charge in [0.15, 0.2) is 0 Å². The van der Waals surface area contributed by atoms with Crippen LogP contribution in [0.1, 0.15) is 35.8 Å². The number of carboxylic acids is 1. The number of pyridine rings is 1. The zero-order valence-electron chi connectivity index (χ0n) is 10.3. The van der Waals surface area contributed by atoms with Crippen LogP contribution in [0, 0.1) is 0 Å². The van der Waals surface area contributed by atoms with E-state index < -0.39 is 5.97 Å². The van der Waals surface area contributed by atoms with Crippen molar-refractivity contribution in [3.8, 4) is 5.69 Å². The molecule has 2 aromatic rings. The summed E-state index contributed by atoms with van der Waals surface area (Å²) in [5, 5.41) is 13.6. The summed E-state index contributed by atoms with van der Waals surface area (Å²) in [7, 11) is 0. The van der Waals surface area contributed by atoms with Gasteiger partial charge < -0.3 is 5.11 Å². The van der Waals surface area contributed by atoms with Gasteiger partial charge in [0.1, 0.15) is 10.7 Å². The number of halogens is 2. The third kappa shape index (κ3) is 2.64. The summed E-state index contributed by atoms with van der Waals surface area (Å²) in [5.74, 6) is -1.12. The second-order valence-corrected chi connectivity index (χ2v) is 5.56. The number of aromatic carboxylic acids is 1. The molecule has 0 saturated carbocycles. The Balaban J connectivity index is 2.66. The van der Waals surface area contributed by atoms with Crippen molar-refractivity contribution in [3.05, 3.63) is 39.3 Å². The topological polar surface area (TPSA) is 68.0 Å². The maximum atomic E-state index is 11.3. The summed E-state index contributed by atoms with van der Waals surface area (Å²) in [6, 6.07) is 1.77. The van der Waals surface area contributed by atoms with E-state index >= 15 is 0 Å². The normalized spacial score (nSPS) is 11.0. The highest BCUT2D eigenvalue weighted by molar-refractivity contribution is 9.10. The lowest BCUT2D eigenvalue weighted by Gasteiger charge is -2.02. The molecular weight excluding hydrogens is 334 g/mol. The van der Waals surface area contributed by atoms with Gasteiger partial charge in [-0.2, -0.15) is 5.10 Å². The lowest BCUT2D eigenvalue weighted by Crippen LogP contribution is -2.01. The van der Waals surface area contributed by atoms with E-state index in [-0.39, 0.29) is 16.6 Å². The standard InChI is InChI=1S/C12H11BrClN3O2/c1-6(2)10-9(12(18)19)11(14)17(16-10)8-3-7(13)4-15-5-8/h3-6H,1-2H3,(H,18,19). The Morgan fingerprint density at radius 1 is 1.47 bits per heavy atom. The van der Waals surface area contributed by atoms with Crippen LogP contribution in [-0.4, -0.2) is 25.8 Å². The summed E-state index contributed by atoms with van der Waals surface area (Å²) in [6.07, 6.45) is 3.20. The van der Waals surface area contributed by atoms with Gasteiger partial charge in [-0.3, -0.25) is 4.98 Å². The third-order valence-corrected chi connectivity index (χ3v) is 3.33. The first kappa shape index (κ1) is 14.0. The maximum Gasteiger partial charge on any atom is 0.340 e. The Morgan fingerprint density at radius 3 is 2.63 bits per heavy atom. The van der Waals surface area contributed by atoms with Gasteiger partial charge in [-0.1, -0.05) is 25.4 Å². The molecule has 0 saturated heterocycles. The van der Waals surface area contributed by atoms with Gasteiger partial charge in [0.2, 0.25) is 0 Å². The predicted molar refractivity (Wildman–Crippen MR) is 75.1 cm³/mol. The quantitative estimate of drug-likeness (QED) is 0.925. The fraction of sp³-hybridized carbons (Fsp3) is 0.250. The van der Waals surface area contributed by atoms with Crippen LogP contribution in [0.4, 0.5) is 0 Å². The van der Waals surface area contributed by atoms with Gasteiger partial charge in [0, 0.05) is 10.7 Å². The van der Waals surface area contributed by atoms with E-state index in [4.69, 9.17) is 11.6 Å². The molecule has 100 valence electrons. The fourth-order valence-corrected chi connectivity index (χ4v) is 2.37. The molecule has 1 N–H and O–H groups in total. The molecule has 0 fully saturated rings. The lowest BCUT2D eigenvalue weighted by molar-refractivity contribution is 0.0695. The minimum atomic E-state index is -1.08.